The Bertz CT molecular complexity index is 664. The summed E-state index contributed by atoms with van der Waals surface area (Å²) in [5.41, 5.74) is 3.21. The van der Waals surface area contributed by atoms with Gasteiger partial charge in [0, 0.05) is 31.1 Å². The largest absolute Gasteiger partial charge is 0.462 e. The topological polar surface area (TPSA) is 60.4 Å². The van der Waals surface area contributed by atoms with Crippen molar-refractivity contribution in [2.24, 2.45) is 23.7 Å². The van der Waals surface area contributed by atoms with Gasteiger partial charge in [0.15, 0.2) is 0 Å². The molecule has 0 saturated heterocycles. The number of aldehydes is 1. The molecule has 2 aliphatic rings. The minimum Gasteiger partial charge on any atom is -0.462 e. The van der Waals surface area contributed by atoms with Crippen LogP contribution in [0, 0.1) is 23.7 Å². The molecule has 0 aromatic heterocycles. The van der Waals surface area contributed by atoms with Crippen LogP contribution in [0.4, 0.5) is 0 Å². The van der Waals surface area contributed by atoms with Crippen LogP contribution in [0.25, 0.3) is 0 Å². The first-order chi connectivity index (χ1) is 12.3. The number of hydrogen-bond acceptors (Lipinski definition) is 4. The summed E-state index contributed by atoms with van der Waals surface area (Å²) < 4.78 is 5.35. The van der Waals surface area contributed by atoms with E-state index in [1.807, 2.05) is 13.0 Å². The second-order valence-corrected chi connectivity index (χ2v) is 7.86. The number of rotatable bonds is 6. The van der Waals surface area contributed by atoms with Crippen LogP contribution in [0.3, 0.4) is 0 Å². The van der Waals surface area contributed by atoms with Crippen molar-refractivity contribution in [2.45, 2.75) is 60.0 Å². The number of Topliss-reactive ketones (excluding diaryl/α,β-unsaturated/α-hetero) is 1. The third-order valence-electron chi connectivity index (χ3n) is 5.74. The van der Waals surface area contributed by atoms with E-state index in [0.717, 1.165) is 24.7 Å². The Morgan fingerprint density at radius 1 is 1.19 bits per heavy atom. The van der Waals surface area contributed by atoms with Crippen LogP contribution in [0.2, 0.25) is 0 Å². The Labute approximate surface area is 156 Å². The number of allylic oxidation sites excluding steroid dienone is 6. The Hall–Kier alpha value is -1.97. The number of esters is 1. The lowest BCUT2D eigenvalue weighted by atomic mass is 9.73. The zero-order valence-electron chi connectivity index (χ0n) is 16.5. The third-order valence-corrected chi connectivity index (χ3v) is 5.74. The van der Waals surface area contributed by atoms with E-state index in [0.29, 0.717) is 0 Å². The summed E-state index contributed by atoms with van der Waals surface area (Å²) in [6.07, 6.45) is 8.74. The number of ether oxygens (including phenoxy) is 1. The molecule has 0 unspecified atom stereocenters. The molecule has 26 heavy (non-hydrogen) atoms. The molecule has 0 bridgehead atoms. The van der Waals surface area contributed by atoms with E-state index in [4.69, 9.17) is 4.74 Å². The first kappa shape index (κ1) is 20.3. The molecular formula is C22H30O4. The lowest BCUT2D eigenvalue weighted by molar-refractivity contribution is -0.148. The van der Waals surface area contributed by atoms with Crippen LogP contribution in [-0.2, 0) is 19.1 Å². The highest BCUT2D eigenvalue weighted by Crippen LogP contribution is 2.48. The maximum atomic E-state index is 12.7. The zero-order valence-corrected chi connectivity index (χ0v) is 16.5. The van der Waals surface area contributed by atoms with Gasteiger partial charge in [-0.1, -0.05) is 36.3 Å². The minimum atomic E-state index is -0.380. The van der Waals surface area contributed by atoms with E-state index in [2.05, 4.69) is 32.9 Å². The van der Waals surface area contributed by atoms with Gasteiger partial charge in [-0.25, -0.2) is 0 Å². The highest BCUT2D eigenvalue weighted by Gasteiger charge is 2.49. The fourth-order valence-corrected chi connectivity index (χ4v) is 4.40. The number of hydrogen-bond donors (Lipinski definition) is 0. The standard InChI is InChI=1S/C22H30O4/c1-13(2)7-6-8-14(3)18-10-9-17(12-23)22(18)21-15(4)20(11-19(21)25)26-16(5)24/h7-9,12,15,18,20-22H,6,10-11H2,1-5H3/b14-8-/t15-,18+,20-,21-,22+/m1/s1. The maximum Gasteiger partial charge on any atom is 0.302 e. The normalized spacial score (nSPS) is 31.6. The predicted octanol–water partition coefficient (Wildman–Crippen LogP) is 4.21. The van der Waals surface area contributed by atoms with Crippen LogP contribution < -0.4 is 0 Å². The summed E-state index contributed by atoms with van der Waals surface area (Å²) in [5.74, 6) is -0.555. The third kappa shape index (κ3) is 4.40. The molecule has 1 saturated carbocycles. The van der Waals surface area contributed by atoms with Gasteiger partial charge in [0.25, 0.3) is 0 Å². The number of ketones is 1. The summed E-state index contributed by atoms with van der Waals surface area (Å²) in [6, 6.07) is 0. The number of carbonyl (C=O) groups excluding carboxylic acids is 3. The molecule has 1 fully saturated rings. The molecule has 0 spiro atoms. The van der Waals surface area contributed by atoms with Gasteiger partial charge >= 0.3 is 5.97 Å². The van der Waals surface area contributed by atoms with Gasteiger partial charge in [-0.3, -0.25) is 14.4 Å². The van der Waals surface area contributed by atoms with Gasteiger partial charge in [-0.15, -0.1) is 0 Å². The fourth-order valence-electron chi connectivity index (χ4n) is 4.40. The average molecular weight is 358 g/mol. The molecule has 0 aromatic carbocycles. The highest BCUT2D eigenvalue weighted by molar-refractivity contribution is 5.88. The predicted molar refractivity (Wildman–Crippen MR) is 101 cm³/mol. The zero-order chi connectivity index (χ0) is 19.4. The van der Waals surface area contributed by atoms with Gasteiger partial charge in [0.2, 0.25) is 0 Å². The summed E-state index contributed by atoms with van der Waals surface area (Å²) >= 11 is 0. The van der Waals surface area contributed by atoms with E-state index in [1.165, 1.54) is 18.1 Å². The van der Waals surface area contributed by atoms with Crippen molar-refractivity contribution in [1.29, 1.82) is 0 Å². The van der Waals surface area contributed by atoms with E-state index < -0.39 is 0 Å². The molecule has 0 amide bonds. The Morgan fingerprint density at radius 3 is 2.46 bits per heavy atom. The second-order valence-electron chi connectivity index (χ2n) is 7.86. The quantitative estimate of drug-likeness (QED) is 0.405. The monoisotopic (exact) mass is 358 g/mol. The molecule has 0 aliphatic heterocycles. The number of carbonyl (C=O) groups is 3. The minimum absolute atomic E-state index is 0.0778. The summed E-state index contributed by atoms with van der Waals surface area (Å²) in [6.45, 7) is 9.56. The molecule has 0 heterocycles. The lowest BCUT2D eigenvalue weighted by Crippen LogP contribution is -2.32. The Morgan fingerprint density at radius 2 is 1.88 bits per heavy atom. The SMILES string of the molecule is CC(=O)O[C@@H]1CC(=O)[C@H]([C@H]2C(C=O)=CC[C@H]2/C(C)=C\CC=C(C)C)[C@@H]1C. The van der Waals surface area contributed by atoms with Gasteiger partial charge in [0.05, 0.1) is 0 Å². The molecule has 0 aromatic rings. The first-order valence-corrected chi connectivity index (χ1v) is 9.41. The van der Waals surface area contributed by atoms with Crippen molar-refractivity contribution in [3.63, 3.8) is 0 Å². The summed E-state index contributed by atoms with van der Waals surface area (Å²) in [5, 5.41) is 0. The molecule has 0 radical (unpaired) electrons. The van der Waals surface area contributed by atoms with Gasteiger partial charge in [0.1, 0.15) is 18.2 Å². The van der Waals surface area contributed by atoms with Crippen LogP contribution in [0.5, 0.6) is 0 Å². The first-order valence-electron chi connectivity index (χ1n) is 9.41. The van der Waals surface area contributed by atoms with Crippen LogP contribution >= 0.6 is 0 Å². The summed E-state index contributed by atoms with van der Waals surface area (Å²) in [7, 11) is 0. The van der Waals surface area contributed by atoms with Crippen molar-refractivity contribution in [3.8, 4) is 0 Å². The Kier molecular flexibility index (Phi) is 6.74. The van der Waals surface area contributed by atoms with Crippen molar-refractivity contribution in [2.75, 3.05) is 0 Å². The van der Waals surface area contributed by atoms with E-state index in [-0.39, 0.29) is 47.9 Å². The lowest BCUT2D eigenvalue weighted by Gasteiger charge is -2.30. The highest BCUT2D eigenvalue weighted by atomic mass is 16.5. The van der Waals surface area contributed by atoms with Crippen LogP contribution in [0.1, 0.15) is 53.9 Å². The molecule has 142 valence electrons. The summed E-state index contributed by atoms with van der Waals surface area (Å²) in [4.78, 5) is 35.7. The molecule has 4 heteroatoms. The fraction of sp³-hybridized carbons (Fsp3) is 0.591. The second kappa shape index (κ2) is 8.61. The molecule has 2 rings (SSSR count). The molecule has 0 N–H and O–H groups in total. The molecule has 5 atom stereocenters. The van der Waals surface area contributed by atoms with Gasteiger partial charge < -0.3 is 4.74 Å². The van der Waals surface area contributed by atoms with Gasteiger partial charge in [-0.05, 0) is 45.1 Å². The van der Waals surface area contributed by atoms with Crippen molar-refractivity contribution >= 4 is 18.0 Å². The van der Waals surface area contributed by atoms with Gasteiger partial charge in [-0.2, -0.15) is 0 Å². The van der Waals surface area contributed by atoms with E-state index in [9.17, 15) is 14.4 Å². The smallest absolute Gasteiger partial charge is 0.302 e. The van der Waals surface area contributed by atoms with E-state index >= 15 is 0 Å². The van der Waals surface area contributed by atoms with Crippen molar-refractivity contribution in [1.82, 2.24) is 0 Å². The van der Waals surface area contributed by atoms with E-state index in [1.54, 1.807) is 0 Å². The average Bonchev–Trinajstić information content (AvgIpc) is 3.07. The van der Waals surface area contributed by atoms with Crippen LogP contribution in [0.15, 0.2) is 34.9 Å². The molecular weight excluding hydrogens is 328 g/mol. The molecule has 2 aliphatic carbocycles. The molecule has 4 nitrogen and oxygen atoms in total. The van der Waals surface area contributed by atoms with Crippen molar-refractivity contribution < 1.29 is 19.1 Å². The maximum absolute atomic E-state index is 12.7. The van der Waals surface area contributed by atoms with Crippen LogP contribution in [-0.4, -0.2) is 24.1 Å². The Balaban J connectivity index is 2.26. The van der Waals surface area contributed by atoms with Crippen molar-refractivity contribution in [3.05, 3.63) is 34.9 Å².